The standard InChI is InChI=1S/C13H16N2/c14-10-2-4-12-8(5-10)1-3-13-11-6-9(11)7-15(12)13/h2,4-5,9,11,13H,1,3,6-7,14H2. The van der Waals surface area contributed by atoms with Crippen molar-refractivity contribution < 1.29 is 0 Å². The lowest BCUT2D eigenvalue weighted by Crippen LogP contribution is -2.37. The number of piperidine rings is 1. The Labute approximate surface area is 90.1 Å². The second kappa shape index (κ2) is 2.49. The van der Waals surface area contributed by atoms with E-state index >= 15 is 0 Å². The van der Waals surface area contributed by atoms with Gasteiger partial charge in [-0.1, -0.05) is 0 Å². The van der Waals surface area contributed by atoms with Gasteiger partial charge in [-0.15, -0.1) is 0 Å². The van der Waals surface area contributed by atoms with Crippen molar-refractivity contribution in [2.75, 3.05) is 17.2 Å². The van der Waals surface area contributed by atoms with Crippen molar-refractivity contribution in [3.8, 4) is 0 Å². The lowest BCUT2D eigenvalue weighted by atomic mass is 9.94. The van der Waals surface area contributed by atoms with Crippen LogP contribution in [-0.2, 0) is 6.42 Å². The van der Waals surface area contributed by atoms with Gasteiger partial charge in [0.2, 0.25) is 0 Å². The van der Waals surface area contributed by atoms with Crippen LogP contribution in [0.2, 0.25) is 0 Å². The summed E-state index contributed by atoms with van der Waals surface area (Å²) in [4.78, 5) is 2.64. The Morgan fingerprint density at radius 1 is 1.33 bits per heavy atom. The molecule has 15 heavy (non-hydrogen) atoms. The van der Waals surface area contributed by atoms with Crippen LogP contribution in [0.3, 0.4) is 0 Å². The largest absolute Gasteiger partial charge is 0.399 e. The Kier molecular flexibility index (Phi) is 1.33. The van der Waals surface area contributed by atoms with Crippen molar-refractivity contribution in [3.63, 3.8) is 0 Å². The summed E-state index contributed by atoms with van der Waals surface area (Å²) in [7, 11) is 0. The van der Waals surface area contributed by atoms with E-state index in [2.05, 4.69) is 17.0 Å². The third-order valence-corrected chi connectivity index (χ3v) is 4.43. The van der Waals surface area contributed by atoms with Gasteiger partial charge in [-0.05, 0) is 54.9 Å². The first-order chi connectivity index (χ1) is 7.33. The summed E-state index contributed by atoms with van der Waals surface area (Å²) in [5, 5.41) is 0. The van der Waals surface area contributed by atoms with Crippen LogP contribution in [0.15, 0.2) is 18.2 Å². The Morgan fingerprint density at radius 2 is 2.27 bits per heavy atom. The van der Waals surface area contributed by atoms with Gasteiger partial charge in [0.25, 0.3) is 0 Å². The molecule has 4 rings (SSSR count). The molecule has 1 aliphatic carbocycles. The summed E-state index contributed by atoms with van der Waals surface area (Å²) < 4.78 is 0. The molecule has 2 N–H and O–H groups in total. The molecule has 0 radical (unpaired) electrons. The fraction of sp³-hybridized carbons (Fsp3) is 0.538. The molecule has 0 amide bonds. The van der Waals surface area contributed by atoms with Crippen LogP contribution in [-0.4, -0.2) is 12.6 Å². The second-order valence-corrected chi connectivity index (χ2v) is 5.31. The molecule has 2 fully saturated rings. The summed E-state index contributed by atoms with van der Waals surface area (Å²) in [5.41, 5.74) is 9.68. The maximum Gasteiger partial charge on any atom is 0.0402 e. The van der Waals surface area contributed by atoms with E-state index in [1.165, 1.54) is 37.1 Å². The number of aryl methyl sites for hydroxylation is 1. The predicted molar refractivity (Wildman–Crippen MR) is 61.9 cm³/mol. The molecule has 78 valence electrons. The summed E-state index contributed by atoms with van der Waals surface area (Å²) in [5.74, 6) is 2.04. The fourth-order valence-corrected chi connectivity index (χ4v) is 3.61. The summed E-state index contributed by atoms with van der Waals surface area (Å²) in [6, 6.07) is 7.29. The van der Waals surface area contributed by atoms with Gasteiger partial charge in [0.05, 0.1) is 0 Å². The highest BCUT2D eigenvalue weighted by atomic mass is 15.2. The van der Waals surface area contributed by atoms with E-state index in [4.69, 9.17) is 5.73 Å². The van der Waals surface area contributed by atoms with Gasteiger partial charge in [0.1, 0.15) is 0 Å². The topological polar surface area (TPSA) is 29.3 Å². The zero-order valence-electron chi connectivity index (χ0n) is 8.82. The molecule has 3 aliphatic rings. The second-order valence-electron chi connectivity index (χ2n) is 5.31. The van der Waals surface area contributed by atoms with Gasteiger partial charge in [0, 0.05) is 24.0 Å². The molecule has 2 heteroatoms. The van der Waals surface area contributed by atoms with Gasteiger partial charge < -0.3 is 10.6 Å². The molecule has 1 aromatic rings. The van der Waals surface area contributed by atoms with E-state index in [0.717, 1.165) is 23.6 Å². The number of nitrogen functional groups attached to an aromatic ring is 1. The molecule has 2 heterocycles. The number of hydrogen-bond donors (Lipinski definition) is 1. The van der Waals surface area contributed by atoms with Crippen molar-refractivity contribution in [2.45, 2.75) is 25.3 Å². The monoisotopic (exact) mass is 200 g/mol. The van der Waals surface area contributed by atoms with Crippen LogP contribution in [0.4, 0.5) is 11.4 Å². The molecule has 3 atom stereocenters. The Balaban J connectivity index is 1.79. The first-order valence-electron chi connectivity index (χ1n) is 5.98. The van der Waals surface area contributed by atoms with E-state index in [-0.39, 0.29) is 0 Å². The third kappa shape index (κ3) is 0.996. The molecule has 1 saturated carbocycles. The van der Waals surface area contributed by atoms with Crippen LogP contribution in [0.25, 0.3) is 0 Å². The minimum atomic E-state index is 0.853. The van der Waals surface area contributed by atoms with E-state index in [1.807, 2.05) is 6.07 Å². The normalized spacial score (nSPS) is 35.7. The number of fused-ring (bicyclic) bond motifs is 5. The summed E-state index contributed by atoms with van der Waals surface area (Å²) in [6.07, 6.45) is 4.06. The number of nitrogens with zero attached hydrogens (tertiary/aromatic N) is 1. The first kappa shape index (κ1) is 8.03. The minimum Gasteiger partial charge on any atom is -0.399 e. The third-order valence-electron chi connectivity index (χ3n) is 4.43. The molecular formula is C13H16N2. The SMILES string of the molecule is Nc1ccc2c(c1)CCC1C3CC3CN21. The molecule has 3 unspecified atom stereocenters. The minimum absolute atomic E-state index is 0.853. The van der Waals surface area contributed by atoms with Gasteiger partial charge in [-0.25, -0.2) is 0 Å². The van der Waals surface area contributed by atoms with Crippen LogP contribution in [0.1, 0.15) is 18.4 Å². The number of rotatable bonds is 0. The van der Waals surface area contributed by atoms with E-state index < -0.39 is 0 Å². The lowest BCUT2D eigenvalue weighted by Gasteiger charge is -2.36. The van der Waals surface area contributed by atoms with Gasteiger partial charge >= 0.3 is 0 Å². The maximum atomic E-state index is 5.84. The van der Waals surface area contributed by atoms with Gasteiger partial charge in [-0.2, -0.15) is 0 Å². The van der Waals surface area contributed by atoms with Crippen LogP contribution < -0.4 is 10.6 Å². The average Bonchev–Trinajstić information content (AvgIpc) is 2.90. The molecule has 2 aliphatic heterocycles. The van der Waals surface area contributed by atoms with Crippen molar-refractivity contribution in [2.24, 2.45) is 11.8 Å². The van der Waals surface area contributed by atoms with E-state index in [9.17, 15) is 0 Å². The van der Waals surface area contributed by atoms with Crippen molar-refractivity contribution in [1.82, 2.24) is 0 Å². The van der Waals surface area contributed by atoms with E-state index in [1.54, 1.807) is 0 Å². The van der Waals surface area contributed by atoms with Crippen molar-refractivity contribution >= 4 is 11.4 Å². The Bertz CT molecular complexity index is 427. The molecule has 0 aromatic heterocycles. The number of benzene rings is 1. The molecule has 1 aromatic carbocycles. The molecular weight excluding hydrogens is 184 g/mol. The van der Waals surface area contributed by atoms with Gasteiger partial charge in [-0.3, -0.25) is 0 Å². The Hall–Kier alpha value is -1.18. The number of anilines is 2. The average molecular weight is 200 g/mol. The zero-order valence-corrected chi connectivity index (χ0v) is 8.82. The maximum absolute atomic E-state index is 5.84. The lowest BCUT2D eigenvalue weighted by molar-refractivity contribution is 0.531. The quantitative estimate of drug-likeness (QED) is 0.649. The molecule has 0 bridgehead atoms. The van der Waals surface area contributed by atoms with Crippen LogP contribution in [0.5, 0.6) is 0 Å². The van der Waals surface area contributed by atoms with Crippen molar-refractivity contribution in [1.29, 1.82) is 0 Å². The van der Waals surface area contributed by atoms with Crippen molar-refractivity contribution in [3.05, 3.63) is 23.8 Å². The van der Waals surface area contributed by atoms with Crippen LogP contribution >= 0.6 is 0 Å². The van der Waals surface area contributed by atoms with Gasteiger partial charge in [0.15, 0.2) is 0 Å². The number of nitrogens with two attached hydrogens (primary N) is 1. The highest BCUT2D eigenvalue weighted by Gasteiger charge is 2.53. The summed E-state index contributed by atoms with van der Waals surface area (Å²) in [6.45, 7) is 1.30. The smallest absolute Gasteiger partial charge is 0.0402 e. The zero-order chi connectivity index (χ0) is 9.99. The molecule has 0 spiro atoms. The highest BCUT2D eigenvalue weighted by Crippen LogP contribution is 2.54. The first-order valence-corrected chi connectivity index (χ1v) is 5.98. The molecule has 2 nitrogen and oxygen atoms in total. The Morgan fingerprint density at radius 3 is 3.20 bits per heavy atom. The molecule has 1 saturated heterocycles. The summed E-state index contributed by atoms with van der Waals surface area (Å²) >= 11 is 0. The van der Waals surface area contributed by atoms with E-state index in [0.29, 0.717) is 0 Å². The highest BCUT2D eigenvalue weighted by molar-refractivity contribution is 5.63. The fourth-order valence-electron chi connectivity index (χ4n) is 3.61. The predicted octanol–water partition coefficient (Wildman–Crippen LogP) is 2.04. The number of hydrogen-bond acceptors (Lipinski definition) is 2. The van der Waals surface area contributed by atoms with Crippen LogP contribution in [0, 0.1) is 11.8 Å².